The molecule has 0 saturated heterocycles. The predicted molar refractivity (Wildman–Crippen MR) is 78.1 cm³/mol. The number of aryl methyl sites for hydroxylation is 1. The molecule has 0 fully saturated rings. The number of nitrogens with two attached hydrogens (primary N) is 1. The van der Waals surface area contributed by atoms with E-state index in [4.69, 9.17) is 5.73 Å². The molecule has 0 spiro atoms. The van der Waals surface area contributed by atoms with Crippen molar-refractivity contribution < 1.29 is 9.18 Å². The summed E-state index contributed by atoms with van der Waals surface area (Å²) in [7, 11) is 0. The Kier molecular flexibility index (Phi) is 4.48. The van der Waals surface area contributed by atoms with Crippen LogP contribution in [0.3, 0.4) is 0 Å². The van der Waals surface area contributed by atoms with Crippen molar-refractivity contribution in [3.8, 4) is 0 Å². The Bertz CT molecular complexity index is 608. The Morgan fingerprint density at radius 3 is 2.50 bits per heavy atom. The van der Waals surface area contributed by atoms with Crippen LogP contribution in [0.1, 0.15) is 28.4 Å². The van der Waals surface area contributed by atoms with Crippen LogP contribution in [0.2, 0.25) is 0 Å². The van der Waals surface area contributed by atoms with Crippen molar-refractivity contribution in [2.24, 2.45) is 5.73 Å². The monoisotopic (exact) mass is 272 g/mol. The van der Waals surface area contributed by atoms with Gasteiger partial charge < -0.3 is 11.1 Å². The Labute approximate surface area is 117 Å². The van der Waals surface area contributed by atoms with Gasteiger partial charge in [-0.15, -0.1) is 0 Å². The lowest BCUT2D eigenvalue weighted by Crippen LogP contribution is -2.12. The van der Waals surface area contributed by atoms with Gasteiger partial charge in [0, 0.05) is 23.4 Å². The molecular weight excluding hydrogens is 255 g/mol. The predicted octanol–water partition coefficient (Wildman–Crippen LogP) is 3.10. The fourth-order valence-corrected chi connectivity index (χ4v) is 1.90. The third kappa shape index (κ3) is 3.22. The lowest BCUT2D eigenvalue weighted by atomic mass is 10.1. The second-order valence-electron chi connectivity index (χ2n) is 4.51. The molecule has 0 atom stereocenters. The topological polar surface area (TPSA) is 55.1 Å². The van der Waals surface area contributed by atoms with Crippen LogP contribution in [-0.4, -0.2) is 5.91 Å². The minimum atomic E-state index is -0.363. The van der Waals surface area contributed by atoms with Crippen LogP contribution in [-0.2, 0) is 13.0 Å². The minimum absolute atomic E-state index is 0.0980. The largest absolute Gasteiger partial charge is 0.326 e. The quantitative estimate of drug-likeness (QED) is 0.898. The van der Waals surface area contributed by atoms with Gasteiger partial charge in [0.1, 0.15) is 5.82 Å². The maximum atomic E-state index is 13.3. The highest BCUT2D eigenvalue weighted by atomic mass is 19.1. The second-order valence-corrected chi connectivity index (χ2v) is 4.51. The summed E-state index contributed by atoms with van der Waals surface area (Å²) in [6.07, 6.45) is 0.930. The second kappa shape index (κ2) is 6.30. The first-order valence-corrected chi connectivity index (χ1v) is 6.52. The molecule has 0 aliphatic rings. The van der Waals surface area contributed by atoms with Gasteiger partial charge in [0.2, 0.25) is 0 Å². The van der Waals surface area contributed by atoms with Gasteiger partial charge in [-0.1, -0.05) is 19.1 Å². The molecule has 0 bridgehead atoms. The van der Waals surface area contributed by atoms with Crippen molar-refractivity contribution in [1.82, 2.24) is 0 Å². The number of carbonyl (C=O) groups is 1. The Hall–Kier alpha value is -2.20. The summed E-state index contributed by atoms with van der Waals surface area (Å²) in [5.74, 6) is -0.583. The summed E-state index contributed by atoms with van der Waals surface area (Å²) < 4.78 is 13.3. The summed E-state index contributed by atoms with van der Waals surface area (Å²) >= 11 is 0. The van der Waals surface area contributed by atoms with Crippen molar-refractivity contribution in [3.63, 3.8) is 0 Å². The van der Waals surface area contributed by atoms with E-state index in [1.165, 1.54) is 17.7 Å². The van der Waals surface area contributed by atoms with E-state index in [0.717, 1.165) is 6.42 Å². The van der Waals surface area contributed by atoms with E-state index in [1.807, 2.05) is 12.1 Å². The van der Waals surface area contributed by atoms with Gasteiger partial charge >= 0.3 is 0 Å². The van der Waals surface area contributed by atoms with Crippen LogP contribution >= 0.6 is 0 Å². The molecular formula is C16H17FN2O. The van der Waals surface area contributed by atoms with E-state index in [9.17, 15) is 9.18 Å². The first-order chi connectivity index (χ1) is 9.63. The molecule has 104 valence electrons. The lowest BCUT2D eigenvalue weighted by Gasteiger charge is -2.08. The number of hydrogen-bond donors (Lipinski definition) is 2. The maximum absolute atomic E-state index is 13.3. The normalized spacial score (nSPS) is 10.3. The van der Waals surface area contributed by atoms with Gasteiger partial charge in [-0.05, 0) is 42.3 Å². The molecule has 2 aromatic carbocycles. The van der Waals surface area contributed by atoms with Crippen molar-refractivity contribution in [2.75, 3.05) is 5.32 Å². The first-order valence-electron chi connectivity index (χ1n) is 6.52. The summed E-state index contributed by atoms with van der Waals surface area (Å²) in [6, 6.07) is 11.8. The van der Waals surface area contributed by atoms with E-state index < -0.39 is 0 Å². The van der Waals surface area contributed by atoms with Crippen molar-refractivity contribution in [1.29, 1.82) is 0 Å². The molecule has 3 nitrogen and oxygen atoms in total. The Morgan fingerprint density at radius 1 is 1.20 bits per heavy atom. The molecule has 20 heavy (non-hydrogen) atoms. The Morgan fingerprint density at radius 2 is 1.90 bits per heavy atom. The fourth-order valence-electron chi connectivity index (χ4n) is 1.90. The zero-order chi connectivity index (χ0) is 14.5. The average Bonchev–Trinajstić information content (AvgIpc) is 2.49. The fraction of sp³-hybridized carbons (Fsp3) is 0.188. The maximum Gasteiger partial charge on any atom is 0.255 e. The molecule has 0 unspecified atom stereocenters. The zero-order valence-electron chi connectivity index (χ0n) is 11.3. The van der Waals surface area contributed by atoms with Gasteiger partial charge in [0.15, 0.2) is 0 Å². The molecule has 0 heterocycles. The molecule has 0 aliphatic carbocycles. The standard InChI is InChI=1S/C16H17FN2O/c1-2-11-3-5-12(6-4-11)16(20)19-14-7-8-15(17)13(9-14)10-18/h3-9H,2,10,18H2,1H3,(H,19,20). The smallest absolute Gasteiger partial charge is 0.255 e. The molecule has 2 rings (SSSR count). The molecule has 1 amide bonds. The number of nitrogens with one attached hydrogen (secondary N) is 1. The molecule has 3 N–H and O–H groups in total. The SMILES string of the molecule is CCc1ccc(C(=O)Nc2ccc(F)c(CN)c2)cc1. The van der Waals surface area contributed by atoms with Crippen LogP contribution in [0.25, 0.3) is 0 Å². The van der Waals surface area contributed by atoms with Gasteiger partial charge in [-0.3, -0.25) is 4.79 Å². The van der Waals surface area contributed by atoms with E-state index in [-0.39, 0.29) is 18.3 Å². The third-order valence-electron chi connectivity index (χ3n) is 3.15. The molecule has 2 aromatic rings. The highest BCUT2D eigenvalue weighted by Gasteiger charge is 2.08. The number of benzene rings is 2. The van der Waals surface area contributed by atoms with Gasteiger partial charge in [0.05, 0.1) is 0 Å². The summed E-state index contributed by atoms with van der Waals surface area (Å²) in [6.45, 7) is 2.16. The lowest BCUT2D eigenvalue weighted by molar-refractivity contribution is 0.102. The molecule has 0 saturated carbocycles. The number of halogens is 1. The van der Waals surface area contributed by atoms with Crippen LogP contribution < -0.4 is 11.1 Å². The summed E-state index contributed by atoms with van der Waals surface area (Å²) in [4.78, 5) is 12.1. The van der Waals surface area contributed by atoms with Gasteiger partial charge in [0.25, 0.3) is 5.91 Å². The van der Waals surface area contributed by atoms with E-state index in [1.54, 1.807) is 18.2 Å². The first kappa shape index (κ1) is 14.2. The van der Waals surface area contributed by atoms with Crippen LogP contribution in [0, 0.1) is 5.82 Å². The summed E-state index contributed by atoms with van der Waals surface area (Å²) in [5.41, 5.74) is 8.10. The number of rotatable bonds is 4. The molecule has 0 radical (unpaired) electrons. The zero-order valence-corrected chi connectivity index (χ0v) is 11.3. The third-order valence-corrected chi connectivity index (χ3v) is 3.15. The van der Waals surface area contributed by atoms with E-state index in [2.05, 4.69) is 12.2 Å². The van der Waals surface area contributed by atoms with Crippen LogP contribution in [0.15, 0.2) is 42.5 Å². The highest BCUT2D eigenvalue weighted by Crippen LogP contribution is 2.15. The van der Waals surface area contributed by atoms with Crippen molar-refractivity contribution >= 4 is 11.6 Å². The molecule has 0 aliphatic heterocycles. The van der Waals surface area contributed by atoms with E-state index in [0.29, 0.717) is 16.8 Å². The number of amides is 1. The van der Waals surface area contributed by atoms with E-state index >= 15 is 0 Å². The summed E-state index contributed by atoms with van der Waals surface area (Å²) in [5, 5.41) is 2.74. The average molecular weight is 272 g/mol. The van der Waals surface area contributed by atoms with Crippen molar-refractivity contribution in [2.45, 2.75) is 19.9 Å². The minimum Gasteiger partial charge on any atom is -0.326 e. The number of anilines is 1. The molecule has 0 aromatic heterocycles. The molecule has 4 heteroatoms. The number of carbonyl (C=O) groups excluding carboxylic acids is 1. The van der Waals surface area contributed by atoms with Crippen LogP contribution in [0.4, 0.5) is 10.1 Å². The van der Waals surface area contributed by atoms with Gasteiger partial charge in [-0.25, -0.2) is 4.39 Å². The van der Waals surface area contributed by atoms with Crippen molar-refractivity contribution in [3.05, 3.63) is 65.0 Å². The Balaban J connectivity index is 2.14. The highest BCUT2D eigenvalue weighted by molar-refractivity contribution is 6.04. The van der Waals surface area contributed by atoms with Crippen LogP contribution in [0.5, 0.6) is 0 Å². The number of hydrogen-bond acceptors (Lipinski definition) is 2. The van der Waals surface area contributed by atoms with Gasteiger partial charge in [-0.2, -0.15) is 0 Å².